The average Bonchev–Trinajstić information content (AvgIpc) is 3.73. The van der Waals surface area contributed by atoms with Crippen molar-refractivity contribution in [2.24, 2.45) is 4.99 Å². The fourth-order valence-electron chi connectivity index (χ4n) is 5.71. The van der Waals surface area contributed by atoms with Gasteiger partial charge < -0.3 is 24.6 Å². The van der Waals surface area contributed by atoms with Gasteiger partial charge in [-0.15, -0.1) is 0 Å². The van der Waals surface area contributed by atoms with E-state index in [2.05, 4.69) is 34.7 Å². The van der Waals surface area contributed by atoms with Gasteiger partial charge in [-0.3, -0.25) is 13.9 Å². The van der Waals surface area contributed by atoms with Crippen LogP contribution in [0.1, 0.15) is 35.8 Å². The molecule has 1 unspecified atom stereocenters. The van der Waals surface area contributed by atoms with E-state index in [9.17, 15) is 18.1 Å². The molecular formula is C22H25F2N10O7PS2. The number of hydrogen-bond acceptors (Lipinski definition) is 13. The molecule has 9 atom stereocenters. The molecule has 4 aliphatic rings. The summed E-state index contributed by atoms with van der Waals surface area (Å²) in [7, 11) is -4.21. The van der Waals surface area contributed by atoms with Crippen molar-refractivity contribution in [2.45, 2.75) is 62.0 Å². The van der Waals surface area contributed by atoms with Crippen LogP contribution in [0.5, 0.6) is 0 Å². The van der Waals surface area contributed by atoms with Crippen molar-refractivity contribution in [2.75, 3.05) is 18.0 Å². The molecule has 0 aromatic carbocycles. The van der Waals surface area contributed by atoms with Gasteiger partial charge in [0.05, 0.1) is 36.7 Å². The van der Waals surface area contributed by atoms with Crippen LogP contribution in [-0.4, -0.2) is 103 Å². The summed E-state index contributed by atoms with van der Waals surface area (Å²) in [5, 5.41) is 2.60. The number of fused-ring (bicyclic) bond motifs is 4. The molecule has 5 N–H and O–H groups in total. The van der Waals surface area contributed by atoms with Crippen LogP contribution in [0.2, 0.25) is 0 Å². The van der Waals surface area contributed by atoms with Gasteiger partial charge in [0.15, 0.2) is 53.6 Å². The largest absolute Gasteiger partial charge is 0.382 e. The molecule has 44 heavy (non-hydrogen) atoms. The summed E-state index contributed by atoms with van der Waals surface area (Å²) in [6, 6.07) is -1.43. The summed E-state index contributed by atoms with van der Waals surface area (Å²) in [6.45, 7) is -4.36. The van der Waals surface area contributed by atoms with Gasteiger partial charge in [0.25, 0.3) is 6.64 Å². The molecule has 0 spiro atoms. The molecule has 22 heteroatoms. The number of aliphatic imine (C=N–C) groups is 1. The normalized spacial score (nSPS) is 37.2. The number of hydrogen-bond donors (Lipinski definition) is 4. The molecule has 17 nitrogen and oxygen atoms in total. The number of nitrogens with zero attached hydrogens (tertiary/aromatic N) is 7. The second-order valence-corrected chi connectivity index (χ2v) is 15.5. The molecule has 0 saturated carbocycles. The Hall–Kier alpha value is -2.88. The van der Waals surface area contributed by atoms with Crippen LogP contribution in [0.3, 0.4) is 0 Å². The Bertz CT molecular complexity index is 1820. The van der Waals surface area contributed by atoms with E-state index in [0.29, 0.717) is 0 Å². The number of aromatic nitrogens is 6. The van der Waals surface area contributed by atoms with E-state index in [0.717, 1.165) is 0 Å². The number of sulfonamides is 1. The summed E-state index contributed by atoms with van der Waals surface area (Å²) in [5.74, 6) is -0.785. The minimum Gasteiger partial charge on any atom is -0.382 e. The third-order valence-corrected chi connectivity index (χ3v) is 11.0. The van der Waals surface area contributed by atoms with Gasteiger partial charge in [-0.25, -0.2) is 51.9 Å². The number of nitrogens with one attached hydrogen (secondary N) is 2. The van der Waals surface area contributed by atoms with E-state index in [1.165, 1.54) is 34.3 Å². The number of carbonyl (C=O) groups excluding carboxylic acids is 1. The number of ether oxygens (including phenoxy) is 2. The van der Waals surface area contributed by atoms with E-state index in [1.807, 2.05) is 0 Å². The van der Waals surface area contributed by atoms with Gasteiger partial charge in [-0.2, -0.15) is 0 Å². The van der Waals surface area contributed by atoms with Crippen LogP contribution in [0.4, 0.5) is 20.4 Å². The van der Waals surface area contributed by atoms with Gasteiger partial charge in [0.2, 0.25) is 10.0 Å². The standard InChI is InChI=1S/C22H25F2N10O7PS2/c23-12-15-11(40-21(12)34-8-30-16-18(25)27-6-28-20(16)34)5-31-42(36,43)41-17-10(2-4-44(37,38)32-15)39-22(13(17)24)33-7-29-14-9(35)1-3-26-19(14)33/h3,6-8,10-13,15,17,21-22,32H,1-2,4-5H2,(H2,25,27,28)(H2,31,36,43)/t10-,11-,12-,13-,15-,17-,21-,22-,42?/m1/s1. The van der Waals surface area contributed by atoms with Crippen molar-refractivity contribution >= 4 is 63.3 Å². The maximum Gasteiger partial charge on any atom is 0.259 e. The third-order valence-electron chi connectivity index (χ3n) is 7.80. The predicted octanol–water partition coefficient (Wildman–Crippen LogP) is -0.0518. The van der Waals surface area contributed by atoms with Crippen LogP contribution in [0, 0.1) is 0 Å². The maximum atomic E-state index is 16.0. The topological polar surface area (TPSA) is 223 Å². The number of nitrogen functional groups attached to an aromatic ring is 1. The summed E-state index contributed by atoms with van der Waals surface area (Å²) >= 11 is 5.26. The molecular weight excluding hydrogens is 649 g/mol. The Morgan fingerprint density at radius 2 is 1.84 bits per heavy atom. The number of alkyl halides is 2. The lowest BCUT2D eigenvalue weighted by atomic mass is 10.1. The molecule has 4 aliphatic heterocycles. The Labute approximate surface area is 252 Å². The first kappa shape index (κ1) is 29.8. The van der Waals surface area contributed by atoms with Crippen LogP contribution in [0.25, 0.3) is 11.2 Å². The van der Waals surface area contributed by atoms with Crippen LogP contribution in [-0.2, 0) is 35.8 Å². The van der Waals surface area contributed by atoms with E-state index < -0.39 is 71.6 Å². The average molecular weight is 675 g/mol. The molecule has 7 rings (SSSR count). The van der Waals surface area contributed by atoms with Gasteiger partial charge in [0.1, 0.15) is 17.9 Å². The second-order valence-electron chi connectivity index (χ2n) is 10.6. The number of ketones is 1. The Kier molecular flexibility index (Phi) is 7.37. The SMILES string of the molecule is Nc1ncnc2c1ncn2[C@@H]1O[C@@H]2CNP(O)(=S)O[C@H]3[C@@H](F)[C@H](n4cnc5c4N=CCC5=O)O[C@@H]3CCS(=O)(=O)N[C@H]2[C@H]1F. The number of imidazole rings is 2. The zero-order valence-corrected chi connectivity index (χ0v) is 24.9. The molecule has 3 fully saturated rings. The molecule has 7 heterocycles. The van der Waals surface area contributed by atoms with Crippen LogP contribution < -0.4 is 15.5 Å². The number of carbonyl (C=O) groups is 1. The van der Waals surface area contributed by atoms with E-state index in [4.69, 9.17) is 31.5 Å². The lowest BCUT2D eigenvalue weighted by Crippen LogP contribution is -2.50. The van der Waals surface area contributed by atoms with Crippen LogP contribution in [0.15, 0.2) is 24.0 Å². The highest BCUT2D eigenvalue weighted by molar-refractivity contribution is 8.08. The minimum absolute atomic E-state index is 0.0426. The van der Waals surface area contributed by atoms with Gasteiger partial charge >= 0.3 is 0 Å². The fourth-order valence-corrected chi connectivity index (χ4v) is 8.66. The van der Waals surface area contributed by atoms with Crippen molar-refractivity contribution in [3.63, 3.8) is 0 Å². The lowest BCUT2D eigenvalue weighted by molar-refractivity contribution is -0.0233. The van der Waals surface area contributed by atoms with Crippen molar-refractivity contribution < 1.29 is 40.9 Å². The first-order valence-electron chi connectivity index (χ1n) is 13.3. The lowest BCUT2D eigenvalue weighted by Gasteiger charge is -2.28. The number of nitrogens with two attached hydrogens (primary N) is 1. The van der Waals surface area contributed by atoms with Crippen molar-refractivity contribution in [1.82, 2.24) is 38.9 Å². The summed E-state index contributed by atoms with van der Waals surface area (Å²) in [4.78, 5) is 43.4. The minimum atomic E-state index is -4.21. The Balaban J connectivity index is 1.16. The summed E-state index contributed by atoms with van der Waals surface area (Å²) < 4.78 is 80.7. The maximum absolute atomic E-state index is 16.0. The highest BCUT2D eigenvalue weighted by atomic mass is 32.5. The number of anilines is 1. The third kappa shape index (κ3) is 5.14. The molecule has 3 aromatic heterocycles. The molecule has 3 saturated heterocycles. The predicted molar refractivity (Wildman–Crippen MR) is 151 cm³/mol. The molecule has 3 aromatic rings. The zero-order chi connectivity index (χ0) is 31.0. The Morgan fingerprint density at radius 3 is 2.66 bits per heavy atom. The number of halogens is 2. The van der Waals surface area contributed by atoms with E-state index in [1.54, 1.807) is 0 Å². The number of rotatable bonds is 2. The first-order chi connectivity index (χ1) is 20.9. The second kappa shape index (κ2) is 10.9. The van der Waals surface area contributed by atoms with Gasteiger partial charge in [-0.1, -0.05) is 0 Å². The molecule has 0 aliphatic carbocycles. The van der Waals surface area contributed by atoms with Crippen molar-refractivity contribution in [3.8, 4) is 0 Å². The highest BCUT2D eigenvalue weighted by Gasteiger charge is 2.52. The van der Waals surface area contributed by atoms with Gasteiger partial charge in [0, 0.05) is 19.2 Å². The monoisotopic (exact) mass is 674 g/mol. The van der Waals surface area contributed by atoms with Crippen LogP contribution >= 0.6 is 6.64 Å². The molecule has 236 valence electrons. The highest BCUT2D eigenvalue weighted by Crippen LogP contribution is 2.48. The Morgan fingerprint density at radius 1 is 1.09 bits per heavy atom. The molecule has 0 radical (unpaired) electrons. The quantitative estimate of drug-likeness (QED) is 0.262. The smallest absolute Gasteiger partial charge is 0.259 e. The van der Waals surface area contributed by atoms with E-state index in [-0.39, 0.29) is 53.7 Å². The summed E-state index contributed by atoms with van der Waals surface area (Å²) in [6.07, 6.45) is -5.94. The van der Waals surface area contributed by atoms with E-state index >= 15 is 8.78 Å². The zero-order valence-electron chi connectivity index (χ0n) is 22.4. The molecule has 0 amide bonds. The fraction of sp³-hybridized carbons (Fsp3) is 0.545. The summed E-state index contributed by atoms with van der Waals surface area (Å²) in [5.41, 5.74) is 6.24. The molecule has 0 bridgehead atoms. The van der Waals surface area contributed by atoms with Crippen molar-refractivity contribution in [1.29, 1.82) is 0 Å². The number of Topliss-reactive ketones (excluding diaryl/α,β-unsaturated/α-hetero) is 1. The van der Waals surface area contributed by atoms with Crippen molar-refractivity contribution in [3.05, 3.63) is 24.7 Å². The van der Waals surface area contributed by atoms with Gasteiger partial charge in [-0.05, 0) is 18.2 Å². The first-order valence-corrected chi connectivity index (χ1v) is 17.7.